The van der Waals surface area contributed by atoms with Gasteiger partial charge >= 0.3 is 0 Å². The van der Waals surface area contributed by atoms with Crippen molar-refractivity contribution in [1.82, 2.24) is 4.90 Å². The van der Waals surface area contributed by atoms with Gasteiger partial charge in [-0.2, -0.15) is 0 Å². The first-order valence-corrected chi connectivity index (χ1v) is 8.33. The molecule has 2 saturated heterocycles. The summed E-state index contributed by atoms with van der Waals surface area (Å²) in [5.41, 5.74) is 2.12. The third-order valence-electron chi connectivity index (χ3n) is 4.76. The van der Waals surface area contributed by atoms with Crippen LogP contribution in [0.2, 0.25) is 0 Å². The molecule has 5 nitrogen and oxygen atoms in total. The predicted octanol–water partition coefficient (Wildman–Crippen LogP) is -1.93. The minimum Gasteiger partial charge on any atom is -0.370 e. The van der Waals surface area contributed by atoms with Gasteiger partial charge in [-0.25, -0.2) is 0 Å². The average molecular weight is 305 g/mol. The summed E-state index contributed by atoms with van der Waals surface area (Å²) < 4.78 is 5.39. The minimum absolute atomic E-state index is 0.178. The largest absolute Gasteiger partial charge is 0.370 e. The lowest BCUT2D eigenvalue weighted by molar-refractivity contribution is -0.921. The molecular weight excluding hydrogens is 278 g/mol. The van der Waals surface area contributed by atoms with Gasteiger partial charge in [0, 0.05) is 11.1 Å². The smallest absolute Gasteiger partial charge is 0.254 e. The van der Waals surface area contributed by atoms with Gasteiger partial charge in [0.05, 0.1) is 46.4 Å². The van der Waals surface area contributed by atoms with E-state index >= 15 is 0 Å². The quantitative estimate of drug-likeness (QED) is 0.683. The second-order valence-electron chi connectivity index (χ2n) is 6.49. The third-order valence-corrected chi connectivity index (χ3v) is 4.76. The van der Waals surface area contributed by atoms with E-state index in [4.69, 9.17) is 4.74 Å². The summed E-state index contributed by atoms with van der Waals surface area (Å²) >= 11 is 0. The van der Waals surface area contributed by atoms with Crippen LogP contribution in [-0.4, -0.2) is 70.3 Å². The first-order valence-electron chi connectivity index (χ1n) is 8.33. The monoisotopic (exact) mass is 305 g/mol. The molecule has 3 rings (SSSR count). The molecule has 1 aromatic rings. The normalized spacial score (nSPS) is 21.0. The van der Waals surface area contributed by atoms with E-state index < -0.39 is 0 Å². The Balaban J connectivity index is 1.57. The zero-order valence-electron chi connectivity index (χ0n) is 13.4. The number of quaternary nitrogens is 2. The van der Waals surface area contributed by atoms with Gasteiger partial charge in [-0.05, 0) is 12.1 Å². The second kappa shape index (κ2) is 7.22. The Bertz CT molecular complexity index is 489. The molecule has 2 aliphatic heterocycles. The molecule has 0 aliphatic carbocycles. The fourth-order valence-electron chi connectivity index (χ4n) is 3.16. The molecule has 1 aromatic carbocycles. The van der Waals surface area contributed by atoms with E-state index in [1.54, 1.807) is 4.90 Å². The van der Waals surface area contributed by atoms with Crippen LogP contribution in [0.3, 0.4) is 0 Å². The second-order valence-corrected chi connectivity index (χ2v) is 6.49. The lowest BCUT2D eigenvalue weighted by atomic mass is 10.1. The lowest BCUT2D eigenvalue weighted by Crippen LogP contribution is -3.12. The molecule has 0 spiro atoms. The van der Waals surface area contributed by atoms with E-state index in [0.29, 0.717) is 0 Å². The molecule has 120 valence electrons. The van der Waals surface area contributed by atoms with Crippen molar-refractivity contribution in [3.05, 3.63) is 35.4 Å². The van der Waals surface area contributed by atoms with Crippen LogP contribution in [0.15, 0.2) is 24.3 Å². The topological polar surface area (TPSA) is 38.4 Å². The predicted molar refractivity (Wildman–Crippen MR) is 84.2 cm³/mol. The molecule has 0 aromatic heterocycles. The average Bonchev–Trinajstić information content (AvgIpc) is 2.57. The van der Waals surface area contributed by atoms with Crippen molar-refractivity contribution in [2.75, 3.05) is 59.5 Å². The Morgan fingerprint density at radius 2 is 1.73 bits per heavy atom. The Hall–Kier alpha value is -1.43. The summed E-state index contributed by atoms with van der Waals surface area (Å²) in [4.78, 5) is 17.6. The van der Waals surface area contributed by atoms with E-state index in [9.17, 15) is 4.79 Å². The molecular formula is C17H27N3O2+2. The van der Waals surface area contributed by atoms with Crippen LogP contribution < -0.4 is 9.80 Å². The minimum atomic E-state index is 0.178. The summed E-state index contributed by atoms with van der Waals surface area (Å²) in [6.07, 6.45) is 0. The molecule has 0 atom stereocenters. The first kappa shape index (κ1) is 15.5. The number of piperazine rings is 1. The Kier molecular flexibility index (Phi) is 5.08. The van der Waals surface area contributed by atoms with Crippen LogP contribution in [0.1, 0.15) is 15.9 Å². The fraction of sp³-hybridized carbons (Fsp3) is 0.588. The highest BCUT2D eigenvalue weighted by Crippen LogP contribution is 2.08. The van der Waals surface area contributed by atoms with E-state index in [-0.39, 0.29) is 5.91 Å². The molecule has 0 radical (unpaired) electrons. The number of likely N-dealkylation sites (N-methyl/N-ethyl adjacent to an activating group) is 1. The van der Waals surface area contributed by atoms with Crippen molar-refractivity contribution < 1.29 is 19.3 Å². The summed E-state index contributed by atoms with van der Waals surface area (Å²) in [6, 6.07) is 8.19. The molecule has 0 unspecified atom stereocenters. The molecule has 0 bridgehead atoms. The number of amides is 1. The summed E-state index contributed by atoms with van der Waals surface area (Å²) in [7, 11) is 2.19. The van der Waals surface area contributed by atoms with Crippen LogP contribution >= 0.6 is 0 Å². The zero-order valence-corrected chi connectivity index (χ0v) is 13.4. The number of hydrogen-bond donors (Lipinski definition) is 2. The Morgan fingerprint density at radius 1 is 1.09 bits per heavy atom. The van der Waals surface area contributed by atoms with Crippen molar-refractivity contribution in [2.24, 2.45) is 0 Å². The SMILES string of the molecule is C[NH+]1CCN(C(=O)c2ccc(C[NH+]3CCOCC3)cc2)CC1. The summed E-state index contributed by atoms with van der Waals surface area (Å²) in [6.45, 7) is 8.71. The summed E-state index contributed by atoms with van der Waals surface area (Å²) in [5, 5.41) is 0. The maximum absolute atomic E-state index is 12.5. The maximum Gasteiger partial charge on any atom is 0.254 e. The molecule has 2 N–H and O–H groups in total. The number of carbonyl (C=O) groups excluding carboxylic acids is 1. The number of hydrogen-bond acceptors (Lipinski definition) is 2. The standard InChI is InChI=1S/C17H25N3O2/c1-18-6-8-20(9-7-18)17(21)16-4-2-15(3-5-16)14-19-10-12-22-13-11-19/h2-5H,6-14H2,1H3/p+2. The van der Waals surface area contributed by atoms with E-state index in [0.717, 1.165) is 64.6 Å². The van der Waals surface area contributed by atoms with Gasteiger partial charge in [0.25, 0.3) is 5.91 Å². The lowest BCUT2D eigenvalue weighted by Gasteiger charge is -2.30. The number of morpholine rings is 1. The van der Waals surface area contributed by atoms with E-state index in [2.05, 4.69) is 19.2 Å². The van der Waals surface area contributed by atoms with Crippen molar-refractivity contribution in [2.45, 2.75) is 6.54 Å². The van der Waals surface area contributed by atoms with E-state index in [1.807, 2.05) is 17.0 Å². The van der Waals surface area contributed by atoms with Crippen LogP contribution in [0.25, 0.3) is 0 Å². The van der Waals surface area contributed by atoms with Gasteiger partial charge in [-0.15, -0.1) is 0 Å². The highest BCUT2D eigenvalue weighted by atomic mass is 16.5. The molecule has 2 aliphatic rings. The zero-order chi connectivity index (χ0) is 15.4. The van der Waals surface area contributed by atoms with Crippen LogP contribution in [0, 0.1) is 0 Å². The molecule has 0 saturated carbocycles. The molecule has 22 heavy (non-hydrogen) atoms. The van der Waals surface area contributed by atoms with Gasteiger partial charge in [0.15, 0.2) is 0 Å². The van der Waals surface area contributed by atoms with Gasteiger partial charge in [0.1, 0.15) is 19.6 Å². The van der Waals surface area contributed by atoms with Crippen molar-refractivity contribution >= 4 is 5.91 Å². The van der Waals surface area contributed by atoms with Crippen molar-refractivity contribution in [1.29, 1.82) is 0 Å². The highest BCUT2D eigenvalue weighted by Gasteiger charge is 2.22. The third kappa shape index (κ3) is 3.85. The van der Waals surface area contributed by atoms with E-state index in [1.165, 1.54) is 10.5 Å². The Labute approximate surface area is 132 Å². The number of ether oxygens (including phenoxy) is 1. The fourth-order valence-corrected chi connectivity index (χ4v) is 3.16. The van der Waals surface area contributed by atoms with Gasteiger partial charge in [0.2, 0.25) is 0 Å². The van der Waals surface area contributed by atoms with Crippen LogP contribution in [0.4, 0.5) is 0 Å². The molecule has 2 heterocycles. The molecule has 2 fully saturated rings. The number of nitrogens with one attached hydrogen (secondary N) is 2. The first-order chi connectivity index (χ1) is 10.7. The van der Waals surface area contributed by atoms with Gasteiger partial charge in [-0.1, -0.05) is 12.1 Å². The Morgan fingerprint density at radius 3 is 2.36 bits per heavy atom. The van der Waals surface area contributed by atoms with Crippen molar-refractivity contribution in [3.8, 4) is 0 Å². The van der Waals surface area contributed by atoms with Gasteiger partial charge < -0.3 is 19.4 Å². The summed E-state index contributed by atoms with van der Waals surface area (Å²) in [5.74, 6) is 0.178. The maximum atomic E-state index is 12.5. The van der Waals surface area contributed by atoms with Crippen molar-refractivity contribution in [3.63, 3.8) is 0 Å². The molecule has 5 heteroatoms. The van der Waals surface area contributed by atoms with Gasteiger partial charge in [-0.3, -0.25) is 4.79 Å². The number of benzene rings is 1. The van der Waals surface area contributed by atoms with Crippen LogP contribution in [-0.2, 0) is 11.3 Å². The molecule has 1 amide bonds. The number of nitrogens with zero attached hydrogens (tertiary/aromatic N) is 1. The number of carbonyl (C=O) groups is 1. The van der Waals surface area contributed by atoms with Crippen LogP contribution in [0.5, 0.6) is 0 Å². The number of rotatable bonds is 3. The highest BCUT2D eigenvalue weighted by molar-refractivity contribution is 5.94.